The van der Waals surface area contributed by atoms with Gasteiger partial charge in [-0.1, -0.05) is 32.0 Å². The number of rotatable bonds is 1. The Kier molecular flexibility index (Phi) is 4.08. The van der Waals surface area contributed by atoms with Crippen molar-refractivity contribution in [1.29, 1.82) is 0 Å². The third-order valence-electron chi connectivity index (χ3n) is 3.20. The van der Waals surface area contributed by atoms with Gasteiger partial charge in [-0.25, -0.2) is 4.79 Å². The molecule has 0 saturated carbocycles. The van der Waals surface area contributed by atoms with Crippen LogP contribution in [-0.4, -0.2) is 13.1 Å². The zero-order chi connectivity index (χ0) is 14.7. The quantitative estimate of drug-likeness (QED) is 0.601. The highest BCUT2D eigenvalue weighted by Crippen LogP contribution is 2.32. The second-order valence-electron chi connectivity index (χ2n) is 4.20. The molecular weight excluding hydrogens is 252 g/mol. The van der Waals surface area contributed by atoms with Gasteiger partial charge in [0.05, 0.1) is 12.7 Å². The molecule has 0 spiro atoms. The van der Waals surface area contributed by atoms with Crippen molar-refractivity contribution in [1.82, 2.24) is 0 Å². The number of para-hydroxylation sites is 1. The van der Waals surface area contributed by atoms with Crippen LogP contribution in [0.2, 0.25) is 0 Å². The molecule has 0 bridgehead atoms. The lowest BCUT2D eigenvalue weighted by Crippen LogP contribution is -2.03. The lowest BCUT2D eigenvalue weighted by molar-refractivity contribution is 0.0600. The van der Waals surface area contributed by atoms with Gasteiger partial charge in [0.15, 0.2) is 0 Å². The fourth-order valence-corrected chi connectivity index (χ4v) is 2.25. The Hall–Kier alpha value is -2.29. The van der Waals surface area contributed by atoms with Gasteiger partial charge < -0.3 is 9.15 Å². The monoisotopic (exact) mass is 270 g/mol. The normalized spacial score (nSPS) is 10.2. The third-order valence-corrected chi connectivity index (χ3v) is 3.20. The number of carbonyl (C=O) groups excluding carboxylic acids is 1. The van der Waals surface area contributed by atoms with Gasteiger partial charge in [-0.2, -0.15) is 0 Å². The molecule has 1 heterocycles. The average Bonchev–Trinajstić information content (AvgIpc) is 2.89. The van der Waals surface area contributed by atoms with Gasteiger partial charge in [-0.15, -0.1) is 0 Å². The molecule has 3 nitrogen and oxygen atoms in total. The minimum atomic E-state index is -0.338. The smallest absolute Gasteiger partial charge is 0.338 e. The fourth-order valence-electron chi connectivity index (χ4n) is 2.25. The summed E-state index contributed by atoms with van der Waals surface area (Å²) in [7, 11) is 1.38. The van der Waals surface area contributed by atoms with E-state index < -0.39 is 0 Å². The molecule has 0 aliphatic rings. The molecule has 3 heteroatoms. The first-order valence-electron chi connectivity index (χ1n) is 6.71. The third kappa shape index (κ3) is 2.16. The second kappa shape index (κ2) is 5.78. The van der Waals surface area contributed by atoms with Crippen LogP contribution in [0.4, 0.5) is 0 Å². The van der Waals surface area contributed by atoms with E-state index in [1.54, 1.807) is 6.07 Å². The topological polar surface area (TPSA) is 39.4 Å². The average molecular weight is 270 g/mol. The van der Waals surface area contributed by atoms with E-state index in [9.17, 15) is 4.79 Å². The van der Waals surface area contributed by atoms with Crippen molar-refractivity contribution in [3.8, 4) is 0 Å². The maximum atomic E-state index is 11.6. The lowest BCUT2D eigenvalue weighted by Gasteiger charge is -2.03. The van der Waals surface area contributed by atoms with Crippen molar-refractivity contribution in [2.75, 3.05) is 7.11 Å². The van der Waals surface area contributed by atoms with Crippen LogP contribution in [0.25, 0.3) is 21.9 Å². The molecular formula is C17H18O3. The number of benzene rings is 2. The van der Waals surface area contributed by atoms with Crippen LogP contribution in [0, 0.1) is 6.92 Å². The van der Waals surface area contributed by atoms with Crippen molar-refractivity contribution in [2.24, 2.45) is 0 Å². The van der Waals surface area contributed by atoms with Crippen molar-refractivity contribution in [3.05, 3.63) is 47.5 Å². The molecule has 0 saturated heterocycles. The number of furan rings is 1. The highest BCUT2D eigenvalue weighted by atomic mass is 16.5. The maximum absolute atomic E-state index is 11.6. The summed E-state index contributed by atoms with van der Waals surface area (Å²) in [4.78, 5) is 11.6. The standard InChI is InChI=1S/C15H12O3.C2H6/c1-9-10(15(16)17-2)7-8-12-11-5-3-4-6-13(11)18-14(9)12;1-2/h3-8H,1-2H3;1-2H3. The first-order chi connectivity index (χ1) is 9.72. The molecule has 0 radical (unpaired) electrons. The Labute approximate surface area is 118 Å². The van der Waals surface area contributed by atoms with Gasteiger partial charge in [-0.05, 0) is 25.1 Å². The first-order valence-corrected chi connectivity index (χ1v) is 6.71. The summed E-state index contributed by atoms with van der Waals surface area (Å²) in [6.07, 6.45) is 0. The van der Waals surface area contributed by atoms with E-state index in [-0.39, 0.29) is 5.97 Å². The van der Waals surface area contributed by atoms with E-state index in [0.29, 0.717) is 5.56 Å². The molecule has 1 aromatic heterocycles. The van der Waals surface area contributed by atoms with E-state index in [0.717, 1.165) is 27.5 Å². The van der Waals surface area contributed by atoms with E-state index in [2.05, 4.69) is 0 Å². The SMILES string of the molecule is CC.COC(=O)c1ccc2c(oc3ccccc32)c1C. The summed E-state index contributed by atoms with van der Waals surface area (Å²) >= 11 is 0. The van der Waals surface area contributed by atoms with Crippen LogP contribution in [0.1, 0.15) is 29.8 Å². The molecule has 0 aliphatic heterocycles. The number of aryl methyl sites for hydroxylation is 1. The molecule has 104 valence electrons. The lowest BCUT2D eigenvalue weighted by atomic mass is 10.0. The first kappa shape index (κ1) is 14.1. The minimum absolute atomic E-state index is 0.338. The molecule has 0 fully saturated rings. The van der Waals surface area contributed by atoms with Crippen LogP contribution in [0.5, 0.6) is 0 Å². The number of hydrogen-bond donors (Lipinski definition) is 0. The summed E-state index contributed by atoms with van der Waals surface area (Å²) in [6.45, 7) is 5.87. The van der Waals surface area contributed by atoms with Gasteiger partial charge in [0.2, 0.25) is 0 Å². The Bertz CT molecular complexity index is 753. The summed E-state index contributed by atoms with van der Waals surface area (Å²) in [5.74, 6) is -0.338. The molecule has 0 atom stereocenters. The van der Waals surface area contributed by atoms with Gasteiger partial charge >= 0.3 is 5.97 Å². The Morgan fingerprint density at radius 3 is 2.45 bits per heavy atom. The number of methoxy groups -OCH3 is 1. The number of ether oxygens (including phenoxy) is 1. The van der Waals surface area contributed by atoms with E-state index in [4.69, 9.17) is 9.15 Å². The Balaban J connectivity index is 0.000000704. The van der Waals surface area contributed by atoms with Crippen LogP contribution in [0.15, 0.2) is 40.8 Å². The summed E-state index contributed by atoms with van der Waals surface area (Å²) in [5.41, 5.74) is 2.94. The molecule has 3 rings (SSSR count). The number of carbonyl (C=O) groups is 1. The largest absolute Gasteiger partial charge is 0.465 e. The van der Waals surface area contributed by atoms with E-state index in [1.165, 1.54) is 7.11 Å². The van der Waals surface area contributed by atoms with Crippen molar-refractivity contribution >= 4 is 27.9 Å². The van der Waals surface area contributed by atoms with Crippen LogP contribution >= 0.6 is 0 Å². The van der Waals surface area contributed by atoms with E-state index in [1.807, 2.05) is 51.1 Å². The Morgan fingerprint density at radius 1 is 1.05 bits per heavy atom. The van der Waals surface area contributed by atoms with Gasteiger partial charge in [-0.3, -0.25) is 0 Å². The molecule has 3 aromatic rings. The predicted octanol–water partition coefficient (Wildman–Crippen LogP) is 4.71. The number of fused-ring (bicyclic) bond motifs is 3. The van der Waals surface area contributed by atoms with Crippen molar-refractivity contribution < 1.29 is 13.9 Å². The predicted molar refractivity (Wildman–Crippen MR) is 81.1 cm³/mol. The number of hydrogen-bond acceptors (Lipinski definition) is 3. The van der Waals surface area contributed by atoms with Crippen LogP contribution in [-0.2, 0) is 4.74 Å². The molecule has 0 unspecified atom stereocenters. The minimum Gasteiger partial charge on any atom is -0.465 e. The highest BCUT2D eigenvalue weighted by molar-refractivity contribution is 6.08. The maximum Gasteiger partial charge on any atom is 0.338 e. The van der Waals surface area contributed by atoms with Gasteiger partial charge in [0.1, 0.15) is 11.2 Å². The zero-order valence-corrected chi connectivity index (χ0v) is 12.2. The summed E-state index contributed by atoms with van der Waals surface area (Å²) in [5, 5.41) is 2.09. The summed E-state index contributed by atoms with van der Waals surface area (Å²) in [6, 6.07) is 11.5. The number of esters is 1. The van der Waals surface area contributed by atoms with Crippen molar-refractivity contribution in [3.63, 3.8) is 0 Å². The molecule has 0 aliphatic carbocycles. The Morgan fingerprint density at radius 2 is 1.75 bits per heavy atom. The summed E-state index contributed by atoms with van der Waals surface area (Å²) < 4.78 is 10.6. The van der Waals surface area contributed by atoms with Crippen LogP contribution in [0.3, 0.4) is 0 Å². The fraction of sp³-hybridized carbons (Fsp3) is 0.235. The van der Waals surface area contributed by atoms with Crippen molar-refractivity contribution in [2.45, 2.75) is 20.8 Å². The molecule has 0 N–H and O–H groups in total. The molecule has 0 amide bonds. The zero-order valence-electron chi connectivity index (χ0n) is 12.2. The second-order valence-corrected chi connectivity index (χ2v) is 4.20. The van der Waals surface area contributed by atoms with E-state index >= 15 is 0 Å². The highest BCUT2D eigenvalue weighted by Gasteiger charge is 2.15. The molecule has 20 heavy (non-hydrogen) atoms. The van der Waals surface area contributed by atoms with Gasteiger partial charge in [0, 0.05) is 16.3 Å². The van der Waals surface area contributed by atoms with Gasteiger partial charge in [0.25, 0.3) is 0 Å². The molecule has 2 aromatic carbocycles. The van der Waals surface area contributed by atoms with Crippen LogP contribution < -0.4 is 0 Å².